The largest absolute Gasteiger partial charge is 0.493 e. The molecule has 0 N–H and O–H groups in total. The average molecular weight is 283 g/mol. The highest BCUT2D eigenvalue weighted by atomic mass is 16.5. The Balaban J connectivity index is 2.33. The van der Waals surface area contributed by atoms with Crippen LogP contribution in [-0.2, 0) is 0 Å². The summed E-state index contributed by atoms with van der Waals surface area (Å²) in [7, 11) is 3.92. The molecule has 110 valence electrons. The number of nitrogens with zero attached hydrogens (tertiary/aromatic N) is 1. The van der Waals surface area contributed by atoms with Crippen molar-refractivity contribution in [3.8, 4) is 5.75 Å². The van der Waals surface area contributed by atoms with Gasteiger partial charge in [-0.05, 0) is 30.7 Å². The lowest BCUT2D eigenvalue weighted by molar-refractivity contribution is 0.103. The maximum atomic E-state index is 12.7. The molecule has 0 aromatic heterocycles. The molecule has 0 saturated carbocycles. The number of ether oxygens (including phenoxy) is 1. The molecule has 0 radical (unpaired) electrons. The Hall–Kier alpha value is -2.29. The van der Waals surface area contributed by atoms with Crippen molar-refractivity contribution in [2.24, 2.45) is 0 Å². The van der Waals surface area contributed by atoms with Crippen molar-refractivity contribution in [2.75, 3.05) is 25.6 Å². The molecule has 0 aliphatic carbocycles. The monoisotopic (exact) mass is 283 g/mol. The summed E-state index contributed by atoms with van der Waals surface area (Å²) in [4.78, 5) is 14.7. The van der Waals surface area contributed by atoms with Crippen LogP contribution in [0.2, 0.25) is 0 Å². The first-order valence-corrected chi connectivity index (χ1v) is 7.17. The van der Waals surface area contributed by atoms with Gasteiger partial charge in [-0.3, -0.25) is 4.79 Å². The number of rotatable bonds is 6. The summed E-state index contributed by atoms with van der Waals surface area (Å²) in [6.45, 7) is 2.66. The Labute approximate surface area is 126 Å². The SMILES string of the molecule is CCCOc1ccccc1C(=O)c1cccc(N(C)C)c1. The molecular formula is C18H21NO2. The number of anilines is 1. The van der Waals surface area contributed by atoms with E-state index in [1.807, 2.05) is 74.4 Å². The minimum absolute atomic E-state index is 0.00889. The van der Waals surface area contributed by atoms with Gasteiger partial charge in [0.2, 0.25) is 0 Å². The summed E-state index contributed by atoms with van der Waals surface area (Å²) >= 11 is 0. The van der Waals surface area contributed by atoms with Crippen LogP contribution in [0.3, 0.4) is 0 Å². The number of ketones is 1. The number of hydrogen-bond donors (Lipinski definition) is 0. The Morgan fingerprint density at radius 1 is 1.10 bits per heavy atom. The molecule has 2 aromatic carbocycles. The van der Waals surface area contributed by atoms with Crippen LogP contribution in [0, 0.1) is 0 Å². The quantitative estimate of drug-likeness (QED) is 0.756. The van der Waals surface area contributed by atoms with Gasteiger partial charge in [0.05, 0.1) is 12.2 Å². The topological polar surface area (TPSA) is 29.5 Å². The third-order valence-electron chi connectivity index (χ3n) is 3.22. The zero-order valence-electron chi connectivity index (χ0n) is 12.8. The Kier molecular flexibility index (Phi) is 4.99. The highest BCUT2D eigenvalue weighted by Crippen LogP contribution is 2.23. The second-order valence-corrected chi connectivity index (χ2v) is 5.12. The van der Waals surface area contributed by atoms with Crippen LogP contribution in [0.5, 0.6) is 5.75 Å². The fourth-order valence-corrected chi connectivity index (χ4v) is 2.07. The van der Waals surface area contributed by atoms with E-state index in [0.717, 1.165) is 12.1 Å². The second-order valence-electron chi connectivity index (χ2n) is 5.12. The van der Waals surface area contributed by atoms with Crippen LogP contribution in [0.4, 0.5) is 5.69 Å². The zero-order valence-corrected chi connectivity index (χ0v) is 12.8. The van der Waals surface area contributed by atoms with E-state index in [-0.39, 0.29) is 5.78 Å². The second kappa shape index (κ2) is 6.93. The molecule has 3 heteroatoms. The maximum Gasteiger partial charge on any atom is 0.196 e. The third-order valence-corrected chi connectivity index (χ3v) is 3.22. The normalized spacial score (nSPS) is 10.2. The molecule has 2 aromatic rings. The van der Waals surface area contributed by atoms with E-state index < -0.39 is 0 Å². The van der Waals surface area contributed by atoms with Gasteiger partial charge < -0.3 is 9.64 Å². The number of para-hydroxylation sites is 1. The van der Waals surface area contributed by atoms with E-state index >= 15 is 0 Å². The van der Waals surface area contributed by atoms with Crippen molar-refractivity contribution in [1.29, 1.82) is 0 Å². The van der Waals surface area contributed by atoms with Gasteiger partial charge in [0.15, 0.2) is 5.78 Å². The smallest absolute Gasteiger partial charge is 0.196 e. The Morgan fingerprint density at radius 2 is 1.86 bits per heavy atom. The first-order chi connectivity index (χ1) is 10.1. The van der Waals surface area contributed by atoms with E-state index in [0.29, 0.717) is 23.5 Å². The summed E-state index contributed by atoms with van der Waals surface area (Å²) in [6, 6.07) is 15.0. The summed E-state index contributed by atoms with van der Waals surface area (Å²) in [5.41, 5.74) is 2.29. The summed E-state index contributed by atoms with van der Waals surface area (Å²) < 4.78 is 5.68. The lowest BCUT2D eigenvalue weighted by Gasteiger charge is -2.14. The van der Waals surface area contributed by atoms with Gasteiger partial charge >= 0.3 is 0 Å². The molecule has 0 fully saturated rings. The van der Waals surface area contributed by atoms with E-state index in [1.165, 1.54) is 0 Å². The highest BCUT2D eigenvalue weighted by Gasteiger charge is 2.14. The molecule has 0 saturated heterocycles. The van der Waals surface area contributed by atoms with Crippen LogP contribution in [-0.4, -0.2) is 26.5 Å². The minimum Gasteiger partial charge on any atom is -0.493 e. The van der Waals surface area contributed by atoms with Crippen molar-refractivity contribution in [2.45, 2.75) is 13.3 Å². The molecule has 0 unspecified atom stereocenters. The Bertz CT molecular complexity index is 620. The molecule has 0 bridgehead atoms. The van der Waals surface area contributed by atoms with Gasteiger partial charge in [-0.25, -0.2) is 0 Å². The molecular weight excluding hydrogens is 262 g/mol. The van der Waals surface area contributed by atoms with Crippen LogP contribution < -0.4 is 9.64 Å². The molecule has 3 nitrogen and oxygen atoms in total. The number of carbonyl (C=O) groups is 1. The first-order valence-electron chi connectivity index (χ1n) is 7.17. The van der Waals surface area contributed by atoms with Crippen LogP contribution in [0.15, 0.2) is 48.5 Å². The third kappa shape index (κ3) is 3.63. The van der Waals surface area contributed by atoms with E-state index in [2.05, 4.69) is 0 Å². The summed E-state index contributed by atoms with van der Waals surface area (Å²) in [5.74, 6) is 0.644. The molecule has 0 aliphatic rings. The Morgan fingerprint density at radius 3 is 2.57 bits per heavy atom. The molecule has 21 heavy (non-hydrogen) atoms. The molecule has 0 spiro atoms. The van der Waals surface area contributed by atoms with Crippen molar-refractivity contribution < 1.29 is 9.53 Å². The van der Waals surface area contributed by atoms with Crippen molar-refractivity contribution in [1.82, 2.24) is 0 Å². The highest BCUT2D eigenvalue weighted by molar-refractivity contribution is 6.11. The fourth-order valence-electron chi connectivity index (χ4n) is 2.07. The molecule has 0 amide bonds. The zero-order chi connectivity index (χ0) is 15.2. The summed E-state index contributed by atoms with van der Waals surface area (Å²) in [6.07, 6.45) is 0.915. The van der Waals surface area contributed by atoms with Gasteiger partial charge in [-0.2, -0.15) is 0 Å². The van der Waals surface area contributed by atoms with Gasteiger partial charge in [0, 0.05) is 25.3 Å². The minimum atomic E-state index is -0.00889. The van der Waals surface area contributed by atoms with Crippen molar-refractivity contribution >= 4 is 11.5 Å². The van der Waals surface area contributed by atoms with Crippen molar-refractivity contribution in [3.05, 3.63) is 59.7 Å². The molecule has 0 heterocycles. The van der Waals surface area contributed by atoms with E-state index in [1.54, 1.807) is 0 Å². The lowest BCUT2D eigenvalue weighted by Crippen LogP contribution is -2.10. The predicted molar refractivity (Wildman–Crippen MR) is 86.4 cm³/mol. The van der Waals surface area contributed by atoms with Gasteiger partial charge in [0.1, 0.15) is 5.75 Å². The molecule has 0 atom stereocenters. The van der Waals surface area contributed by atoms with Crippen molar-refractivity contribution in [3.63, 3.8) is 0 Å². The maximum absolute atomic E-state index is 12.7. The summed E-state index contributed by atoms with van der Waals surface area (Å²) in [5, 5.41) is 0. The lowest BCUT2D eigenvalue weighted by atomic mass is 10.0. The van der Waals surface area contributed by atoms with Gasteiger partial charge in [-0.1, -0.05) is 31.2 Å². The van der Waals surface area contributed by atoms with E-state index in [4.69, 9.17) is 4.74 Å². The number of carbonyl (C=O) groups excluding carboxylic acids is 1. The van der Waals surface area contributed by atoms with Crippen LogP contribution in [0.1, 0.15) is 29.3 Å². The standard InChI is InChI=1S/C18H21NO2/c1-4-12-21-17-11-6-5-10-16(17)18(20)14-8-7-9-15(13-14)19(2)3/h5-11,13H,4,12H2,1-3H3. The number of benzene rings is 2. The predicted octanol–water partition coefficient (Wildman–Crippen LogP) is 3.77. The van der Waals surface area contributed by atoms with Crippen LogP contribution >= 0.6 is 0 Å². The fraction of sp³-hybridized carbons (Fsp3) is 0.278. The molecule has 0 aliphatic heterocycles. The van der Waals surface area contributed by atoms with Gasteiger partial charge in [-0.15, -0.1) is 0 Å². The molecule has 2 rings (SSSR count). The van der Waals surface area contributed by atoms with Crippen LogP contribution in [0.25, 0.3) is 0 Å². The number of hydrogen-bond acceptors (Lipinski definition) is 3. The first kappa shape index (κ1) is 15.1. The van der Waals surface area contributed by atoms with Gasteiger partial charge in [0.25, 0.3) is 0 Å². The van der Waals surface area contributed by atoms with E-state index in [9.17, 15) is 4.79 Å². The average Bonchev–Trinajstić information content (AvgIpc) is 2.52.